The first-order valence-electron chi connectivity index (χ1n) is 11.4. The van der Waals surface area contributed by atoms with E-state index in [1.807, 2.05) is 48.5 Å². The van der Waals surface area contributed by atoms with Crippen LogP contribution in [0.4, 0.5) is 8.78 Å². The minimum atomic E-state index is -1.28. The van der Waals surface area contributed by atoms with Gasteiger partial charge in [0, 0.05) is 6.04 Å². The molecule has 2 aliphatic rings. The summed E-state index contributed by atoms with van der Waals surface area (Å²) < 4.78 is 36.2. The number of alkyl halides is 1. The van der Waals surface area contributed by atoms with Crippen molar-refractivity contribution in [3.05, 3.63) is 131 Å². The summed E-state index contributed by atoms with van der Waals surface area (Å²) in [6, 6.07) is 24.2. The molecule has 3 aromatic carbocycles. The summed E-state index contributed by atoms with van der Waals surface area (Å²) in [7, 11) is 0. The zero-order valence-electron chi connectivity index (χ0n) is 18.4. The first kappa shape index (κ1) is 21.6. The van der Waals surface area contributed by atoms with Gasteiger partial charge in [0.25, 0.3) is 0 Å². The Labute approximate surface area is 193 Å². The van der Waals surface area contributed by atoms with Crippen LogP contribution in [0.3, 0.4) is 0 Å². The number of ether oxygens (including phenoxy) is 1. The quantitative estimate of drug-likeness (QED) is 0.486. The summed E-state index contributed by atoms with van der Waals surface area (Å²) in [5, 5.41) is 3.61. The molecule has 1 N–H and O–H groups in total. The average Bonchev–Trinajstić information content (AvgIpc) is 2.86. The van der Waals surface area contributed by atoms with Gasteiger partial charge < -0.3 is 10.1 Å². The Bertz CT molecular complexity index is 1160. The first-order chi connectivity index (χ1) is 16.2. The van der Waals surface area contributed by atoms with Crippen LogP contribution in [-0.4, -0.2) is 12.7 Å². The van der Waals surface area contributed by atoms with Gasteiger partial charge in [-0.25, -0.2) is 8.78 Å². The molecular weight excluding hydrogens is 416 g/mol. The second-order valence-corrected chi connectivity index (χ2v) is 8.77. The number of allylic oxidation sites excluding steroid dienone is 3. The van der Waals surface area contributed by atoms with Crippen molar-refractivity contribution in [3.8, 4) is 0 Å². The third-order valence-corrected chi connectivity index (χ3v) is 6.75. The van der Waals surface area contributed by atoms with Crippen LogP contribution < -0.4 is 5.32 Å². The highest BCUT2D eigenvalue weighted by Crippen LogP contribution is 2.51. The monoisotopic (exact) mass is 443 g/mol. The molecule has 3 aromatic rings. The van der Waals surface area contributed by atoms with Gasteiger partial charge >= 0.3 is 0 Å². The molecule has 0 bridgehead atoms. The van der Waals surface area contributed by atoms with Crippen LogP contribution in [0.2, 0.25) is 0 Å². The lowest BCUT2D eigenvalue weighted by Gasteiger charge is -2.47. The Balaban J connectivity index is 1.59. The number of benzene rings is 3. The molecule has 0 aromatic heterocycles. The number of hydrogen-bond donors (Lipinski definition) is 1. The molecule has 0 spiro atoms. The topological polar surface area (TPSA) is 21.3 Å². The molecular formula is C29H27F2NO. The fourth-order valence-electron chi connectivity index (χ4n) is 5.11. The van der Waals surface area contributed by atoms with Gasteiger partial charge in [0.2, 0.25) is 0 Å². The first-order valence-corrected chi connectivity index (χ1v) is 11.4. The summed E-state index contributed by atoms with van der Waals surface area (Å²) in [4.78, 5) is 0. The second kappa shape index (κ2) is 9.32. The summed E-state index contributed by atoms with van der Waals surface area (Å²) in [6.45, 7) is 1.11. The molecule has 0 saturated carbocycles. The van der Waals surface area contributed by atoms with Gasteiger partial charge in [-0.2, -0.15) is 0 Å². The Kier molecular flexibility index (Phi) is 6.10. The minimum Gasteiger partial charge on any atom is -0.492 e. The van der Waals surface area contributed by atoms with Crippen molar-refractivity contribution in [2.24, 2.45) is 5.41 Å². The molecule has 4 heteroatoms. The van der Waals surface area contributed by atoms with E-state index < -0.39 is 11.6 Å². The number of nitrogens with one attached hydrogen (secondary N) is 1. The van der Waals surface area contributed by atoms with Crippen molar-refractivity contribution in [2.75, 3.05) is 6.54 Å². The number of hydrogen-bond acceptors (Lipinski definition) is 2. The lowest BCUT2D eigenvalue weighted by Crippen LogP contribution is -2.50. The molecule has 0 radical (unpaired) electrons. The molecule has 0 saturated heterocycles. The SMILES string of the molecule is Fc1ccc(CC2(C3NCCc4ccccc43)C(OCc3ccccc3)=CC=CC2F)cc1. The smallest absolute Gasteiger partial charge is 0.133 e. The van der Waals surface area contributed by atoms with E-state index in [1.165, 1.54) is 17.7 Å². The van der Waals surface area contributed by atoms with Crippen molar-refractivity contribution in [1.82, 2.24) is 5.32 Å². The maximum Gasteiger partial charge on any atom is 0.133 e. The molecule has 3 atom stereocenters. The lowest BCUT2D eigenvalue weighted by atomic mass is 9.64. The van der Waals surface area contributed by atoms with E-state index in [-0.39, 0.29) is 11.9 Å². The van der Waals surface area contributed by atoms with Crippen LogP contribution in [0.15, 0.2) is 103 Å². The predicted octanol–water partition coefficient (Wildman–Crippen LogP) is 6.25. The van der Waals surface area contributed by atoms with Crippen LogP contribution >= 0.6 is 0 Å². The largest absolute Gasteiger partial charge is 0.492 e. The minimum absolute atomic E-state index is 0.283. The molecule has 5 rings (SSSR count). The normalized spacial score (nSPS) is 24.1. The van der Waals surface area contributed by atoms with Gasteiger partial charge in [0.15, 0.2) is 0 Å². The highest BCUT2D eigenvalue weighted by atomic mass is 19.1. The molecule has 0 fully saturated rings. The third-order valence-electron chi connectivity index (χ3n) is 6.75. The van der Waals surface area contributed by atoms with Crippen LogP contribution in [0, 0.1) is 11.2 Å². The van der Waals surface area contributed by atoms with Gasteiger partial charge in [-0.05, 0) is 65.9 Å². The highest BCUT2D eigenvalue weighted by molar-refractivity contribution is 5.41. The fraction of sp³-hybridized carbons (Fsp3) is 0.241. The molecule has 0 amide bonds. The van der Waals surface area contributed by atoms with E-state index in [0.717, 1.165) is 29.7 Å². The van der Waals surface area contributed by atoms with Crippen molar-refractivity contribution in [3.63, 3.8) is 0 Å². The molecule has 1 heterocycles. The molecule has 2 nitrogen and oxygen atoms in total. The molecule has 1 aliphatic carbocycles. The van der Waals surface area contributed by atoms with E-state index in [4.69, 9.17) is 4.74 Å². The van der Waals surface area contributed by atoms with Crippen LogP contribution in [0.5, 0.6) is 0 Å². The van der Waals surface area contributed by atoms with Crippen LogP contribution in [0.1, 0.15) is 28.3 Å². The zero-order chi connectivity index (χ0) is 22.7. The van der Waals surface area contributed by atoms with Crippen molar-refractivity contribution in [1.29, 1.82) is 0 Å². The van der Waals surface area contributed by atoms with Gasteiger partial charge in [0.05, 0.1) is 5.41 Å². The Morgan fingerprint density at radius 2 is 1.67 bits per heavy atom. The second-order valence-electron chi connectivity index (χ2n) is 8.77. The standard InChI is InChI=1S/C29H27F2NO/c30-24-15-13-21(14-16-24)19-29(28-25-10-5-4-9-23(25)17-18-32-28)26(31)11-6-12-27(29)33-20-22-7-2-1-3-8-22/h1-16,26,28,32H,17-20H2. The summed E-state index contributed by atoms with van der Waals surface area (Å²) in [6.07, 6.45) is 5.24. The van der Waals surface area contributed by atoms with E-state index in [0.29, 0.717) is 18.8 Å². The highest BCUT2D eigenvalue weighted by Gasteiger charge is 2.52. The molecule has 1 aliphatic heterocycles. The summed E-state index contributed by atoms with van der Waals surface area (Å²) in [5.74, 6) is 0.310. The average molecular weight is 444 g/mol. The maximum absolute atomic E-state index is 16.2. The predicted molar refractivity (Wildman–Crippen MR) is 127 cm³/mol. The van der Waals surface area contributed by atoms with Crippen molar-refractivity contribution in [2.45, 2.75) is 31.7 Å². The molecule has 3 unspecified atom stereocenters. The van der Waals surface area contributed by atoms with E-state index >= 15 is 4.39 Å². The maximum atomic E-state index is 16.2. The van der Waals surface area contributed by atoms with E-state index in [2.05, 4.69) is 17.4 Å². The Morgan fingerprint density at radius 1 is 0.909 bits per heavy atom. The van der Waals surface area contributed by atoms with Crippen molar-refractivity contribution < 1.29 is 13.5 Å². The molecule has 168 valence electrons. The number of halogens is 2. The lowest BCUT2D eigenvalue weighted by molar-refractivity contribution is 0.0323. The zero-order valence-corrected chi connectivity index (χ0v) is 18.4. The van der Waals surface area contributed by atoms with Crippen LogP contribution in [-0.2, 0) is 24.2 Å². The summed E-state index contributed by atoms with van der Waals surface area (Å²) in [5.41, 5.74) is 3.21. The van der Waals surface area contributed by atoms with E-state index in [1.54, 1.807) is 24.3 Å². The molecule has 33 heavy (non-hydrogen) atoms. The van der Waals surface area contributed by atoms with Gasteiger partial charge in [0.1, 0.15) is 24.4 Å². The van der Waals surface area contributed by atoms with Gasteiger partial charge in [-0.15, -0.1) is 0 Å². The Morgan fingerprint density at radius 3 is 2.48 bits per heavy atom. The summed E-state index contributed by atoms with van der Waals surface area (Å²) >= 11 is 0. The number of fused-ring (bicyclic) bond motifs is 1. The Hall–Kier alpha value is -3.24. The fourth-order valence-corrected chi connectivity index (χ4v) is 5.11. The number of rotatable bonds is 6. The van der Waals surface area contributed by atoms with Gasteiger partial charge in [-0.1, -0.05) is 72.8 Å². The van der Waals surface area contributed by atoms with Crippen LogP contribution in [0.25, 0.3) is 0 Å². The van der Waals surface area contributed by atoms with Gasteiger partial charge in [-0.3, -0.25) is 0 Å². The van der Waals surface area contributed by atoms with E-state index in [9.17, 15) is 4.39 Å². The third kappa shape index (κ3) is 4.23. The van der Waals surface area contributed by atoms with Crippen molar-refractivity contribution >= 4 is 0 Å².